The summed E-state index contributed by atoms with van der Waals surface area (Å²) in [4.78, 5) is 27.9. The highest BCUT2D eigenvalue weighted by molar-refractivity contribution is 5.88. The molecule has 178 valence electrons. The second kappa shape index (κ2) is 11.2. The number of amides is 2. The third kappa shape index (κ3) is 6.50. The zero-order valence-corrected chi connectivity index (χ0v) is 20.4. The minimum Gasteiger partial charge on any atom is -0.497 e. The van der Waals surface area contributed by atoms with E-state index in [1.807, 2.05) is 51.1 Å². The van der Waals surface area contributed by atoms with Crippen LogP contribution in [0.4, 0.5) is 0 Å². The summed E-state index contributed by atoms with van der Waals surface area (Å²) in [5.74, 6) is 1.06. The van der Waals surface area contributed by atoms with Gasteiger partial charge in [0, 0.05) is 12.6 Å². The molecule has 0 radical (unpaired) electrons. The topological polar surface area (TPSA) is 67.9 Å². The SMILES string of the molecule is COc1cccc(CN(C(=O)COc2cc(C)cc(C)c2C)[C@H](C)C(=O)NC2CCCC2)c1. The Hall–Kier alpha value is -3.02. The Morgan fingerprint density at radius 2 is 1.85 bits per heavy atom. The number of nitrogens with one attached hydrogen (secondary N) is 1. The standard InChI is InChI=1S/C27H36N2O4/c1-18-13-19(2)20(3)25(14-18)33-17-26(30)29(16-22-9-8-12-24(15-22)32-5)21(4)27(31)28-23-10-6-7-11-23/h8-9,12-15,21,23H,6-7,10-11,16-17H2,1-5H3,(H,28,31)/t21-/m1/s1. The van der Waals surface area contributed by atoms with Crippen LogP contribution in [-0.2, 0) is 16.1 Å². The molecule has 6 nitrogen and oxygen atoms in total. The van der Waals surface area contributed by atoms with Gasteiger partial charge in [-0.3, -0.25) is 9.59 Å². The third-order valence-corrected chi connectivity index (χ3v) is 6.47. The van der Waals surface area contributed by atoms with Gasteiger partial charge in [-0.25, -0.2) is 0 Å². The maximum absolute atomic E-state index is 13.3. The lowest BCUT2D eigenvalue weighted by molar-refractivity contribution is -0.142. The van der Waals surface area contributed by atoms with Crippen molar-refractivity contribution in [2.45, 2.75) is 72.0 Å². The number of methoxy groups -OCH3 is 1. The van der Waals surface area contributed by atoms with E-state index in [9.17, 15) is 9.59 Å². The summed E-state index contributed by atoms with van der Waals surface area (Å²) >= 11 is 0. The quantitative estimate of drug-likeness (QED) is 0.609. The summed E-state index contributed by atoms with van der Waals surface area (Å²) in [6, 6.07) is 11.2. The fraction of sp³-hybridized carbons (Fsp3) is 0.481. The van der Waals surface area contributed by atoms with E-state index in [4.69, 9.17) is 9.47 Å². The number of hydrogen-bond donors (Lipinski definition) is 1. The lowest BCUT2D eigenvalue weighted by Gasteiger charge is -2.30. The Bertz CT molecular complexity index is 982. The van der Waals surface area contributed by atoms with Crippen LogP contribution in [0.5, 0.6) is 11.5 Å². The largest absolute Gasteiger partial charge is 0.497 e. The van der Waals surface area contributed by atoms with Crippen LogP contribution < -0.4 is 14.8 Å². The number of rotatable bonds is 9. The van der Waals surface area contributed by atoms with Gasteiger partial charge in [0.15, 0.2) is 6.61 Å². The number of ether oxygens (including phenoxy) is 2. The molecular formula is C27H36N2O4. The van der Waals surface area contributed by atoms with E-state index in [-0.39, 0.29) is 24.5 Å². The van der Waals surface area contributed by atoms with Gasteiger partial charge in [0.05, 0.1) is 7.11 Å². The molecule has 3 rings (SSSR count). The van der Waals surface area contributed by atoms with E-state index in [2.05, 4.69) is 11.4 Å². The number of carbonyl (C=O) groups excluding carboxylic acids is 2. The normalized spacial score (nSPS) is 14.6. The van der Waals surface area contributed by atoms with Gasteiger partial charge in [0.2, 0.25) is 5.91 Å². The van der Waals surface area contributed by atoms with Crippen molar-refractivity contribution in [3.8, 4) is 11.5 Å². The van der Waals surface area contributed by atoms with Crippen LogP contribution in [-0.4, -0.2) is 42.5 Å². The van der Waals surface area contributed by atoms with E-state index in [1.54, 1.807) is 18.9 Å². The first-order chi connectivity index (χ1) is 15.8. The van der Waals surface area contributed by atoms with E-state index in [0.29, 0.717) is 18.0 Å². The summed E-state index contributed by atoms with van der Waals surface area (Å²) in [5, 5.41) is 3.12. The van der Waals surface area contributed by atoms with E-state index in [1.165, 1.54) is 0 Å². The van der Waals surface area contributed by atoms with Crippen molar-refractivity contribution in [1.82, 2.24) is 10.2 Å². The van der Waals surface area contributed by atoms with Crippen molar-refractivity contribution >= 4 is 11.8 Å². The highest BCUT2D eigenvalue weighted by Gasteiger charge is 2.29. The molecule has 0 unspecified atom stereocenters. The van der Waals surface area contributed by atoms with Crippen LogP contribution in [0.25, 0.3) is 0 Å². The zero-order chi connectivity index (χ0) is 24.0. The Morgan fingerprint density at radius 1 is 1.12 bits per heavy atom. The molecule has 1 fully saturated rings. The molecule has 2 aromatic rings. The van der Waals surface area contributed by atoms with Gasteiger partial charge in [0.1, 0.15) is 17.5 Å². The molecule has 0 heterocycles. The Morgan fingerprint density at radius 3 is 2.55 bits per heavy atom. The van der Waals surface area contributed by atoms with Crippen LogP contribution >= 0.6 is 0 Å². The first-order valence-corrected chi connectivity index (χ1v) is 11.7. The van der Waals surface area contributed by atoms with Gasteiger partial charge in [-0.15, -0.1) is 0 Å². The molecule has 0 aromatic heterocycles. The molecule has 0 aliphatic heterocycles. The maximum Gasteiger partial charge on any atom is 0.261 e. The van der Waals surface area contributed by atoms with Crippen molar-refractivity contribution in [2.24, 2.45) is 0 Å². The molecule has 33 heavy (non-hydrogen) atoms. The lowest BCUT2D eigenvalue weighted by atomic mass is 10.1. The molecule has 2 amide bonds. The zero-order valence-electron chi connectivity index (χ0n) is 20.4. The van der Waals surface area contributed by atoms with Crippen LogP contribution in [0.15, 0.2) is 36.4 Å². The van der Waals surface area contributed by atoms with Crippen molar-refractivity contribution < 1.29 is 19.1 Å². The molecule has 6 heteroatoms. The van der Waals surface area contributed by atoms with Crippen LogP contribution in [0.2, 0.25) is 0 Å². The minimum atomic E-state index is -0.617. The van der Waals surface area contributed by atoms with Crippen molar-refractivity contribution in [3.05, 3.63) is 58.7 Å². The maximum atomic E-state index is 13.3. The number of benzene rings is 2. The molecule has 1 atom stereocenters. The first-order valence-electron chi connectivity index (χ1n) is 11.7. The molecule has 1 saturated carbocycles. The Balaban J connectivity index is 1.77. The number of aryl methyl sites for hydroxylation is 2. The van der Waals surface area contributed by atoms with Gasteiger partial charge in [0.25, 0.3) is 5.91 Å². The Labute approximate surface area is 197 Å². The third-order valence-electron chi connectivity index (χ3n) is 6.47. The number of carbonyl (C=O) groups is 2. The summed E-state index contributed by atoms with van der Waals surface area (Å²) < 4.78 is 11.3. The van der Waals surface area contributed by atoms with Gasteiger partial charge in [-0.2, -0.15) is 0 Å². The second-order valence-electron chi connectivity index (χ2n) is 9.03. The molecule has 2 aromatic carbocycles. The molecular weight excluding hydrogens is 416 g/mol. The van der Waals surface area contributed by atoms with Crippen LogP contribution in [0.1, 0.15) is 54.9 Å². The first kappa shape index (κ1) is 24.6. The van der Waals surface area contributed by atoms with Gasteiger partial charge in [-0.05, 0) is 81.0 Å². The van der Waals surface area contributed by atoms with E-state index in [0.717, 1.165) is 47.9 Å². The molecule has 0 bridgehead atoms. The van der Waals surface area contributed by atoms with Crippen molar-refractivity contribution in [2.75, 3.05) is 13.7 Å². The predicted molar refractivity (Wildman–Crippen MR) is 130 cm³/mol. The van der Waals surface area contributed by atoms with Gasteiger partial charge in [-0.1, -0.05) is 31.0 Å². The molecule has 1 aliphatic carbocycles. The summed E-state index contributed by atoms with van der Waals surface area (Å²) in [7, 11) is 1.61. The van der Waals surface area contributed by atoms with Gasteiger partial charge < -0.3 is 19.7 Å². The van der Waals surface area contributed by atoms with Gasteiger partial charge >= 0.3 is 0 Å². The average Bonchev–Trinajstić information content (AvgIpc) is 3.31. The minimum absolute atomic E-state index is 0.124. The predicted octanol–water partition coefficient (Wildman–Crippen LogP) is 4.48. The summed E-state index contributed by atoms with van der Waals surface area (Å²) in [6.45, 7) is 7.97. The highest BCUT2D eigenvalue weighted by atomic mass is 16.5. The lowest BCUT2D eigenvalue weighted by Crippen LogP contribution is -2.50. The van der Waals surface area contributed by atoms with Crippen molar-refractivity contribution in [3.63, 3.8) is 0 Å². The van der Waals surface area contributed by atoms with E-state index < -0.39 is 6.04 Å². The summed E-state index contributed by atoms with van der Waals surface area (Å²) in [6.07, 6.45) is 4.26. The molecule has 1 N–H and O–H groups in total. The van der Waals surface area contributed by atoms with E-state index >= 15 is 0 Å². The fourth-order valence-corrected chi connectivity index (χ4v) is 4.32. The van der Waals surface area contributed by atoms with Crippen LogP contribution in [0.3, 0.4) is 0 Å². The number of hydrogen-bond acceptors (Lipinski definition) is 4. The molecule has 0 spiro atoms. The number of nitrogens with zero attached hydrogens (tertiary/aromatic N) is 1. The average molecular weight is 453 g/mol. The second-order valence-corrected chi connectivity index (χ2v) is 9.03. The monoisotopic (exact) mass is 452 g/mol. The fourth-order valence-electron chi connectivity index (χ4n) is 4.32. The summed E-state index contributed by atoms with van der Waals surface area (Å²) in [5.41, 5.74) is 4.11. The molecule has 0 saturated heterocycles. The van der Waals surface area contributed by atoms with Crippen LogP contribution in [0, 0.1) is 20.8 Å². The van der Waals surface area contributed by atoms with Crippen molar-refractivity contribution in [1.29, 1.82) is 0 Å². The molecule has 1 aliphatic rings. The highest BCUT2D eigenvalue weighted by Crippen LogP contribution is 2.24. The smallest absolute Gasteiger partial charge is 0.261 e. The Kier molecular flexibility index (Phi) is 8.37.